The Morgan fingerprint density at radius 2 is 1.91 bits per heavy atom. The van der Waals surface area contributed by atoms with E-state index < -0.39 is 6.04 Å². The fourth-order valence-corrected chi connectivity index (χ4v) is 2.08. The Bertz CT molecular complexity index is 538. The van der Waals surface area contributed by atoms with Gasteiger partial charge in [-0.15, -0.1) is 0 Å². The van der Waals surface area contributed by atoms with Gasteiger partial charge in [0.15, 0.2) is 0 Å². The molecule has 0 spiro atoms. The van der Waals surface area contributed by atoms with Crippen LogP contribution >= 0.6 is 11.6 Å². The van der Waals surface area contributed by atoms with E-state index in [0.717, 1.165) is 12.0 Å². The maximum absolute atomic E-state index is 12.0. The Morgan fingerprint density at radius 1 is 1.26 bits per heavy atom. The van der Waals surface area contributed by atoms with Gasteiger partial charge < -0.3 is 10.1 Å². The molecule has 1 atom stereocenters. The van der Waals surface area contributed by atoms with E-state index >= 15 is 0 Å². The summed E-state index contributed by atoms with van der Waals surface area (Å²) in [5, 5.41) is 3.35. The van der Waals surface area contributed by atoms with Crippen LogP contribution in [0.3, 0.4) is 0 Å². The van der Waals surface area contributed by atoms with Gasteiger partial charge in [0, 0.05) is 11.1 Å². The van der Waals surface area contributed by atoms with E-state index in [0.29, 0.717) is 18.1 Å². The van der Waals surface area contributed by atoms with Crippen molar-refractivity contribution >= 4 is 29.6 Å². The van der Waals surface area contributed by atoms with Gasteiger partial charge in [-0.2, -0.15) is 0 Å². The molecular weight excluding hydrogens is 314 g/mol. The molecule has 23 heavy (non-hydrogen) atoms. The van der Waals surface area contributed by atoms with Gasteiger partial charge >= 0.3 is 5.97 Å². The van der Waals surface area contributed by atoms with Crippen LogP contribution < -0.4 is 5.32 Å². The van der Waals surface area contributed by atoms with E-state index in [1.54, 1.807) is 18.2 Å². The van der Waals surface area contributed by atoms with Crippen LogP contribution in [-0.2, 0) is 14.3 Å². The van der Waals surface area contributed by atoms with Crippen LogP contribution in [0.5, 0.6) is 0 Å². The van der Waals surface area contributed by atoms with E-state index in [-0.39, 0.29) is 17.8 Å². The summed E-state index contributed by atoms with van der Waals surface area (Å²) in [6.45, 7) is 6.29. The first-order valence-corrected chi connectivity index (χ1v) is 8.21. The Kier molecular flexibility index (Phi) is 8.41. The minimum Gasteiger partial charge on any atom is -0.464 e. The van der Waals surface area contributed by atoms with Crippen LogP contribution in [0.15, 0.2) is 30.3 Å². The highest BCUT2D eigenvalue weighted by Crippen LogP contribution is 2.11. The second kappa shape index (κ2) is 10.1. The van der Waals surface area contributed by atoms with Gasteiger partial charge in [-0.05, 0) is 42.5 Å². The highest BCUT2D eigenvalue weighted by Gasteiger charge is 2.22. The third kappa shape index (κ3) is 7.84. The summed E-state index contributed by atoms with van der Waals surface area (Å²) in [6.07, 6.45) is 4.38. The Balaban J connectivity index is 2.64. The molecular formula is C18H24ClNO3. The molecule has 0 aliphatic rings. The van der Waals surface area contributed by atoms with Gasteiger partial charge in [0.05, 0.1) is 6.61 Å². The Labute approximate surface area is 142 Å². The van der Waals surface area contributed by atoms with Gasteiger partial charge in [-0.1, -0.05) is 44.5 Å². The molecule has 0 radical (unpaired) electrons. The van der Waals surface area contributed by atoms with Crippen molar-refractivity contribution in [2.24, 2.45) is 5.92 Å². The minimum absolute atomic E-state index is 0.273. The van der Waals surface area contributed by atoms with Crippen LogP contribution in [-0.4, -0.2) is 24.5 Å². The predicted molar refractivity (Wildman–Crippen MR) is 93.1 cm³/mol. The predicted octanol–water partition coefficient (Wildman–Crippen LogP) is 3.84. The average molecular weight is 338 g/mol. The lowest BCUT2D eigenvalue weighted by Gasteiger charge is -2.18. The molecule has 0 saturated heterocycles. The summed E-state index contributed by atoms with van der Waals surface area (Å²) in [5.41, 5.74) is 0.860. The second-order valence-electron chi connectivity index (χ2n) is 5.74. The monoisotopic (exact) mass is 337 g/mol. The van der Waals surface area contributed by atoms with E-state index in [2.05, 4.69) is 5.32 Å². The summed E-state index contributed by atoms with van der Waals surface area (Å²) < 4.78 is 5.14. The summed E-state index contributed by atoms with van der Waals surface area (Å²) in [5.74, 6) is -0.428. The largest absolute Gasteiger partial charge is 0.464 e. The third-order valence-corrected chi connectivity index (χ3v) is 3.31. The first-order valence-electron chi connectivity index (χ1n) is 7.83. The summed E-state index contributed by atoms with van der Waals surface area (Å²) in [6, 6.07) is 6.51. The minimum atomic E-state index is -0.621. The number of hydrogen-bond acceptors (Lipinski definition) is 3. The summed E-state index contributed by atoms with van der Waals surface area (Å²) in [4.78, 5) is 24.0. The second-order valence-corrected chi connectivity index (χ2v) is 6.18. The zero-order valence-electron chi connectivity index (χ0n) is 13.8. The molecule has 0 fully saturated rings. The van der Waals surface area contributed by atoms with Crippen molar-refractivity contribution in [1.29, 1.82) is 0 Å². The molecule has 1 amide bonds. The van der Waals surface area contributed by atoms with E-state index in [4.69, 9.17) is 16.3 Å². The van der Waals surface area contributed by atoms with Crippen molar-refractivity contribution in [2.45, 2.75) is 39.7 Å². The van der Waals surface area contributed by atoms with E-state index in [1.165, 1.54) is 6.08 Å². The van der Waals surface area contributed by atoms with Crippen molar-refractivity contribution in [3.8, 4) is 0 Å². The van der Waals surface area contributed by atoms with Crippen molar-refractivity contribution in [2.75, 3.05) is 6.61 Å². The topological polar surface area (TPSA) is 55.4 Å². The van der Waals surface area contributed by atoms with E-state index in [1.807, 2.05) is 32.9 Å². The number of benzene rings is 1. The number of hydrogen-bond donors (Lipinski definition) is 1. The SMILES string of the molecule is CCCOC(=O)[C@H](CC(C)C)NC(=O)/C=C/c1ccc(Cl)cc1. The average Bonchev–Trinajstić information content (AvgIpc) is 2.51. The molecule has 0 heterocycles. The van der Waals surface area contributed by atoms with Gasteiger partial charge in [0.1, 0.15) is 6.04 Å². The summed E-state index contributed by atoms with van der Waals surface area (Å²) >= 11 is 5.81. The highest BCUT2D eigenvalue weighted by atomic mass is 35.5. The fraction of sp³-hybridized carbons (Fsp3) is 0.444. The number of halogens is 1. The number of carbonyl (C=O) groups is 2. The molecule has 0 aliphatic heterocycles. The molecule has 1 rings (SSSR count). The first kappa shape index (κ1) is 19.2. The first-order chi connectivity index (χ1) is 10.9. The molecule has 1 N–H and O–H groups in total. The van der Waals surface area contributed by atoms with E-state index in [9.17, 15) is 9.59 Å². The molecule has 0 saturated carbocycles. The number of nitrogens with one attached hydrogen (secondary N) is 1. The number of amides is 1. The van der Waals surface area contributed by atoms with Gasteiger partial charge in [0.25, 0.3) is 0 Å². The fourth-order valence-electron chi connectivity index (χ4n) is 1.95. The molecule has 4 nitrogen and oxygen atoms in total. The van der Waals surface area contributed by atoms with Crippen molar-refractivity contribution in [3.63, 3.8) is 0 Å². The van der Waals surface area contributed by atoms with Gasteiger partial charge in [0.2, 0.25) is 5.91 Å². The smallest absolute Gasteiger partial charge is 0.328 e. The van der Waals surface area contributed by atoms with Crippen molar-refractivity contribution in [1.82, 2.24) is 5.32 Å². The Hall–Kier alpha value is -1.81. The zero-order valence-corrected chi connectivity index (χ0v) is 14.6. The number of esters is 1. The van der Waals surface area contributed by atoms with Gasteiger partial charge in [-0.25, -0.2) is 4.79 Å². The molecule has 0 bridgehead atoms. The van der Waals surface area contributed by atoms with Crippen molar-refractivity contribution < 1.29 is 14.3 Å². The molecule has 1 aromatic carbocycles. The van der Waals surface area contributed by atoms with Crippen molar-refractivity contribution in [3.05, 3.63) is 40.9 Å². The van der Waals surface area contributed by atoms with Crippen LogP contribution in [0.2, 0.25) is 5.02 Å². The number of ether oxygens (including phenoxy) is 1. The third-order valence-electron chi connectivity index (χ3n) is 3.05. The molecule has 126 valence electrons. The molecule has 0 aliphatic carbocycles. The Morgan fingerprint density at radius 3 is 2.48 bits per heavy atom. The zero-order chi connectivity index (χ0) is 17.2. The molecule has 0 unspecified atom stereocenters. The summed E-state index contributed by atoms with van der Waals surface area (Å²) in [7, 11) is 0. The standard InChI is InChI=1S/C18H24ClNO3/c1-4-11-23-18(22)16(12-13(2)3)20-17(21)10-7-14-5-8-15(19)9-6-14/h5-10,13,16H,4,11-12H2,1-3H3,(H,20,21)/b10-7+/t16-/m0/s1. The number of carbonyl (C=O) groups excluding carboxylic acids is 2. The molecule has 5 heteroatoms. The van der Waals surface area contributed by atoms with Crippen LogP contribution in [0, 0.1) is 5.92 Å². The lowest BCUT2D eigenvalue weighted by Crippen LogP contribution is -2.42. The quantitative estimate of drug-likeness (QED) is 0.579. The number of rotatable bonds is 8. The lowest BCUT2D eigenvalue weighted by molar-refractivity contribution is -0.148. The van der Waals surface area contributed by atoms with Crippen LogP contribution in [0.4, 0.5) is 0 Å². The highest BCUT2D eigenvalue weighted by molar-refractivity contribution is 6.30. The maximum Gasteiger partial charge on any atom is 0.328 e. The normalized spacial score (nSPS) is 12.4. The van der Waals surface area contributed by atoms with Crippen LogP contribution in [0.1, 0.15) is 39.2 Å². The lowest BCUT2D eigenvalue weighted by atomic mass is 10.0. The maximum atomic E-state index is 12.0. The molecule has 1 aromatic rings. The van der Waals surface area contributed by atoms with Gasteiger partial charge in [-0.3, -0.25) is 4.79 Å². The van der Waals surface area contributed by atoms with Crippen LogP contribution in [0.25, 0.3) is 6.08 Å². The molecule has 0 aromatic heterocycles.